The molecule has 0 amide bonds. The van der Waals surface area contributed by atoms with E-state index in [2.05, 4.69) is 9.97 Å². The summed E-state index contributed by atoms with van der Waals surface area (Å²) >= 11 is 1.41. The molecule has 3 rings (SSSR count). The lowest BCUT2D eigenvalue weighted by molar-refractivity contribution is -0.136. The molecule has 0 saturated heterocycles. The van der Waals surface area contributed by atoms with Gasteiger partial charge in [-0.15, -0.1) is 11.3 Å². The van der Waals surface area contributed by atoms with Crippen molar-refractivity contribution in [3.8, 4) is 5.75 Å². The van der Waals surface area contributed by atoms with E-state index in [1.165, 1.54) is 29.5 Å². The number of phenols is 1. The second-order valence-electron chi connectivity index (χ2n) is 5.75. The van der Waals surface area contributed by atoms with E-state index in [1.54, 1.807) is 19.1 Å². The van der Waals surface area contributed by atoms with Crippen molar-refractivity contribution in [1.82, 2.24) is 9.97 Å². The molecule has 26 heavy (non-hydrogen) atoms. The fourth-order valence-corrected chi connectivity index (χ4v) is 3.63. The van der Waals surface area contributed by atoms with Crippen LogP contribution in [0.5, 0.6) is 5.75 Å². The van der Waals surface area contributed by atoms with Crippen molar-refractivity contribution in [3.63, 3.8) is 0 Å². The number of aromatic amines is 1. The summed E-state index contributed by atoms with van der Waals surface area (Å²) < 4.78 is 5.11. The number of fused-ring (bicyclic) bond motifs is 1. The summed E-state index contributed by atoms with van der Waals surface area (Å²) in [7, 11) is 0. The number of aryl methyl sites for hydroxylation is 2. The highest BCUT2D eigenvalue weighted by atomic mass is 32.1. The van der Waals surface area contributed by atoms with Crippen LogP contribution in [0.2, 0.25) is 0 Å². The van der Waals surface area contributed by atoms with E-state index in [4.69, 9.17) is 4.74 Å². The maximum atomic E-state index is 12.5. The van der Waals surface area contributed by atoms with Crippen molar-refractivity contribution in [3.05, 3.63) is 56.4 Å². The van der Waals surface area contributed by atoms with Gasteiger partial charge in [0.15, 0.2) is 0 Å². The summed E-state index contributed by atoms with van der Waals surface area (Å²) in [6, 6.07) is 6.43. The zero-order valence-electron chi connectivity index (χ0n) is 14.6. The smallest absolute Gasteiger partial charge is 0.341 e. The molecule has 0 radical (unpaired) electrons. The van der Waals surface area contributed by atoms with E-state index in [0.29, 0.717) is 15.8 Å². The van der Waals surface area contributed by atoms with Crippen LogP contribution in [0.4, 0.5) is 0 Å². The molecule has 2 heterocycles. The standard InChI is InChI=1S/C19H18N2O4S/c1-4-25-19(24)14(9-12-6-5-7-13(22)8-12)16-20-17(23)15-10(2)11(3)26-18(15)21-16/h5-9,22H,4H2,1-3H3,(H,20,21,23)/b14-9-. The lowest BCUT2D eigenvalue weighted by atomic mass is 10.1. The molecule has 0 spiro atoms. The molecule has 0 aliphatic carbocycles. The maximum absolute atomic E-state index is 12.5. The number of H-pyrrole nitrogens is 1. The number of esters is 1. The number of aromatic hydroxyl groups is 1. The van der Waals surface area contributed by atoms with Crippen molar-refractivity contribution in [2.24, 2.45) is 0 Å². The van der Waals surface area contributed by atoms with E-state index >= 15 is 0 Å². The molecule has 0 saturated carbocycles. The van der Waals surface area contributed by atoms with Gasteiger partial charge in [0.1, 0.15) is 22.0 Å². The fraction of sp³-hybridized carbons (Fsp3) is 0.211. The Bertz CT molecular complexity index is 1080. The molecule has 2 aromatic heterocycles. The van der Waals surface area contributed by atoms with E-state index in [9.17, 15) is 14.7 Å². The Morgan fingerprint density at radius 3 is 2.85 bits per heavy atom. The second-order valence-corrected chi connectivity index (χ2v) is 6.95. The lowest BCUT2D eigenvalue weighted by Gasteiger charge is -2.07. The van der Waals surface area contributed by atoms with Gasteiger partial charge in [0.05, 0.1) is 12.0 Å². The highest BCUT2D eigenvalue weighted by Crippen LogP contribution is 2.27. The molecule has 1 aromatic carbocycles. The number of thiophene rings is 1. The molecule has 2 N–H and O–H groups in total. The van der Waals surface area contributed by atoms with Crippen LogP contribution < -0.4 is 5.56 Å². The largest absolute Gasteiger partial charge is 0.508 e. The Balaban J connectivity index is 2.20. The number of aromatic nitrogens is 2. The summed E-state index contributed by atoms with van der Waals surface area (Å²) in [6.07, 6.45) is 1.54. The van der Waals surface area contributed by atoms with Gasteiger partial charge < -0.3 is 14.8 Å². The van der Waals surface area contributed by atoms with Crippen LogP contribution in [-0.2, 0) is 9.53 Å². The first kappa shape index (κ1) is 17.9. The monoisotopic (exact) mass is 370 g/mol. The number of nitrogens with one attached hydrogen (secondary N) is 1. The Morgan fingerprint density at radius 2 is 2.15 bits per heavy atom. The van der Waals surface area contributed by atoms with E-state index in [-0.39, 0.29) is 29.3 Å². The van der Waals surface area contributed by atoms with Crippen molar-refractivity contribution < 1.29 is 14.6 Å². The normalized spacial score (nSPS) is 11.7. The zero-order chi connectivity index (χ0) is 18.8. The minimum atomic E-state index is -0.594. The van der Waals surface area contributed by atoms with E-state index in [1.807, 2.05) is 13.8 Å². The maximum Gasteiger partial charge on any atom is 0.341 e. The lowest BCUT2D eigenvalue weighted by Crippen LogP contribution is -2.15. The number of benzene rings is 1. The van der Waals surface area contributed by atoms with Gasteiger partial charge in [-0.1, -0.05) is 12.1 Å². The first-order valence-corrected chi connectivity index (χ1v) is 8.90. The first-order valence-electron chi connectivity index (χ1n) is 8.09. The molecule has 6 nitrogen and oxygen atoms in total. The van der Waals surface area contributed by atoms with Gasteiger partial charge in [-0.2, -0.15) is 0 Å². The number of rotatable bonds is 4. The molecular weight excluding hydrogens is 352 g/mol. The SMILES string of the molecule is CCOC(=O)/C(=C\c1cccc(O)c1)c1nc2sc(C)c(C)c2c(=O)[nH]1. The molecule has 0 aliphatic rings. The average molecular weight is 370 g/mol. The molecule has 134 valence electrons. The van der Waals surface area contributed by atoms with Crippen molar-refractivity contribution in [2.75, 3.05) is 6.61 Å². The number of ether oxygens (including phenoxy) is 1. The summed E-state index contributed by atoms with van der Waals surface area (Å²) in [5.74, 6) is -0.378. The van der Waals surface area contributed by atoms with Crippen LogP contribution in [0.3, 0.4) is 0 Å². The van der Waals surface area contributed by atoms with E-state index in [0.717, 1.165) is 10.4 Å². The van der Waals surface area contributed by atoms with Crippen LogP contribution in [0.15, 0.2) is 29.1 Å². The van der Waals surface area contributed by atoms with Gasteiger partial charge in [-0.05, 0) is 50.1 Å². The molecule has 0 atom stereocenters. The van der Waals surface area contributed by atoms with Crippen LogP contribution >= 0.6 is 11.3 Å². The molecule has 0 fully saturated rings. The quantitative estimate of drug-likeness (QED) is 0.542. The molecule has 7 heteroatoms. The number of hydrogen-bond donors (Lipinski definition) is 2. The second kappa shape index (κ2) is 7.13. The van der Waals surface area contributed by atoms with Gasteiger partial charge in [-0.25, -0.2) is 9.78 Å². The third-order valence-electron chi connectivity index (χ3n) is 3.97. The Hall–Kier alpha value is -2.93. The molecule has 3 aromatic rings. The van der Waals surface area contributed by atoms with Gasteiger partial charge in [0.2, 0.25) is 0 Å². The van der Waals surface area contributed by atoms with Crippen LogP contribution in [-0.4, -0.2) is 27.7 Å². The third kappa shape index (κ3) is 3.39. The fourth-order valence-electron chi connectivity index (χ4n) is 2.60. The van der Waals surface area contributed by atoms with Crippen LogP contribution in [0.1, 0.15) is 28.8 Å². The van der Waals surface area contributed by atoms with Gasteiger partial charge in [-0.3, -0.25) is 4.79 Å². The third-order valence-corrected chi connectivity index (χ3v) is 5.07. The highest BCUT2D eigenvalue weighted by Gasteiger charge is 2.19. The predicted molar refractivity (Wildman–Crippen MR) is 102 cm³/mol. The molecular formula is C19H18N2O4S. The van der Waals surface area contributed by atoms with Crippen LogP contribution in [0.25, 0.3) is 21.9 Å². The van der Waals surface area contributed by atoms with Gasteiger partial charge in [0.25, 0.3) is 5.56 Å². The van der Waals surface area contributed by atoms with Crippen molar-refractivity contribution in [2.45, 2.75) is 20.8 Å². The minimum Gasteiger partial charge on any atom is -0.508 e. The zero-order valence-corrected chi connectivity index (χ0v) is 15.4. The topological polar surface area (TPSA) is 92.3 Å². The Labute approximate surface area is 153 Å². The van der Waals surface area contributed by atoms with Crippen molar-refractivity contribution >= 4 is 39.2 Å². The minimum absolute atomic E-state index is 0.0726. The van der Waals surface area contributed by atoms with E-state index < -0.39 is 5.97 Å². The summed E-state index contributed by atoms with van der Waals surface area (Å²) in [4.78, 5) is 33.7. The van der Waals surface area contributed by atoms with Gasteiger partial charge in [0, 0.05) is 4.88 Å². The van der Waals surface area contributed by atoms with Crippen LogP contribution in [0, 0.1) is 13.8 Å². The number of carbonyl (C=O) groups excluding carboxylic acids is 1. The Kier molecular flexibility index (Phi) is 4.90. The molecule has 0 aliphatic heterocycles. The summed E-state index contributed by atoms with van der Waals surface area (Å²) in [6.45, 7) is 5.70. The number of phenolic OH excluding ortho intramolecular Hbond substituents is 1. The van der Waals surface area contributed by atoms with Gasteiger partial charge >= 0.3 is 5.97 Å². The average Bonchev–Trinajstić information content (AvgIpc) is 2.87. The number of nitrogens with zero attached hydrogens (tertiary/aromatic N) is 1. The predicted octanol–water partition coefficient (Wildman–Crippen LogP) is 3.41. The van der Waals surface area contributed by atoms with Crippen molar-refractivity contribution in [1.29, 1.82) is 0 Å². The highest BCUT2D eigenvalue weighted by molar-refractivity contribution is 7.18. The molecule has 0 unspecified atom stereocenters. The summed E-state index contributed by atoms with van der Waals surface area (Å²) in [5.41, 5.74) is 1.31. The summed E-state index contributed by atoms with van der Waals surface area (Å²) in [5, 5.41) is 10.2. The Morgan fingerprint density at radius 1 is 1.38 bits per heavy atom. The number of carbonyl (C=O) groups is 1. The molecule has 0 bridgehead atoms. The number of hydrogen-bond acceptors (Lipinski definition) is 6. The first-order chi connectivity index (χ1) is 12.4.